The Labute approximate surface area is 170 Å². The van der Waals surface area contributed by atoms with Crippen molar-refractivity contribution < 1.29 is 23.9 Å². The maximum absolute atomic E-state index is 13.0. The highest BCUT2D eigenvalue weighted by Crippen LogP contribution is 2.35. The Morgan fingerprint density at radius 2 is 1.97 bits per heavy atom. The summed E-state index contributed by atoms with van der Waals surface area (Å²) in [7, 11) is 1.53. The fraction of sp³-hybridized carbons (Fsp3) is 0.409. The van der Waals surface area contributed by atoms with Crippen molar-refractivity contribution in [1.82, 2.24) is 10.2 Å². The number of allylic oxidation sites excluding steroid dienone is 1. The smallest absolute Gasteiger partial charge is 0.331 e. The minimum absolute atomic E-state index is 0.0627. The average Bonchev–Trinajstić information content (AvgIpc) is 3.21. The molecule has 7 heteroatoms. The first-order valence-electron chi connectivity index (χ1n) is 9.85. The predicted molar refractivity (Wildman–Crippen MR) is 109 cm³/mol. The van der Waals surface area contributed by atoms with Gasteiger partial charge in [0.25, 0.3) is 11.8 Å². The molecule has 1 aromatic carbocycles. The van der Waals surface area contributed by atoms with Gasteiger partial charge in [0.2, 0.25) is 0 Å². The number of barbiturate groups is 1. The summed E-state index contributed by atoms with van der Waals surface area (Å²) in [4.78, 5) is 38.8. The summed E-state index contributed by atoms with van der Waals surface area (Å²) in [6.45, 7) is 6.12. The van der Waals surface area contributed by atoms with E-state index in [0.717, 1.165) is 31.2 Å². The monoisotopic (exact) mass is 398 g/mol. The number of amides is 4. The van der Waals surface area contributed by atoms with E-state index in [2.05, 4.69) is 11.9 Å². The zero-order valence-electron chi connectivity index (χ0n) is 16.8. The van der Waals surface area contributed by atoms with Gasteiger partial charge in [-0.3, -0.25) is 19.8 Å². The van der Waals surface area contributed by atoms with Gasteiger partial charge >= 0.3 is 6.03 Å². The molecule has 1 heterocycles. The van der Waals surface area contributed by atoms with Crippen LogP contribution in [-0.4, -0.2) is 42.5 Å². The molecule has 1 saturated carbocycles. The SMILES string of the molecule is C=CCc1cc(/C=C2\C(=O)NC(=O)N(C3CCCC3)C2=O)cc(OC)c1OCC. The number of nitrogens with zero attached hydrogens (tertiary/aromatic N) is 1. The van der Waals surface area contributed by atoms with E-state index in [9.17, 15) is 14.4 Å². The van der Waals surface area contributed by atoms with Gasteiger partial charge in [-0.15, -0.1) is 6.58 Å². The molecule has 4 amide bonds. The molecule has 2 aliphatic rings. The van der Waals surface area contributed by atoms with Crippen LogP contribution in [0.4, 0.5) is 4.79 Å². The number of rotatable bonds is 7. The molecule has 1 aliphatic heterocycles. The third-order valence-corrected chi connectivity index (χ3v) is 5.16. The number of imide groups is 2. The number of hydrogen-bond acceptors (Lipinski definition) is 5. The van der Waals surface area contributed by atoms with Crippen LogP contribution in [0.2, 0.25) is 0 Å². The normalized spacial score (nSPS) is 18.9. The highest BCUT2D eigenvalue weighted by molar-refractivity contribution is 6.31. The molecule has 1 aliphatic carbocycles. The van der Waals surface area contributed by atoms with Crippen LogP contribution in [0.1, 0.15) is 43.7 Å². The van der Waals surface area contributed by atoms with E-state index in [4.69, 9.17) is 9.47 Å². The molecular weight excluding hydrogens is 372 g/mol. The molecule has 3 rings (SSSR count). The lowest BCUT2D eigenvalue weighted by Gasteiger charge is -2.31. The van der Waals surface area contributed by atoms with E-state index < -0.39 is 17.8 Å². The molecule has 29 heavy (non-hydrogen) atoms. The number of nitrogens with one attached hydrogen (secondary N) is 1. The third kappa shape index (κ3) is 4.18. The number of urea groups is 1. The summed E-state index contributed by atoms with van der Waals surface area (Å²) < 4.78 is 11.2. The number of hydrogen-bond donors (Lipinski definition) is 1. The van der Waals surface area contributed by atoms with Crippen molar-refractivity contribution in [3.8, 4) is 11.5 Å². The average molecular weight is 398 g/mol. The third-order valence-electron chi connectivity index (χ3n) is 5.16. The van der Waals surface area contributed by atoms with Gasteiger partial charge in [0.05, 0.1) is 13.7 Å². The first-order chi connectivity index (χ1) is 14.0. The lowest BCUT2D eigenvalue weighted by Crippen LogP contribution is -2.57. The van der Waals surface area contributed by atoms with Crippen molar-refractivity contribution in [3.05, 3.63) is 41.5 Å². The first-order valence-corrected chi connectivity index (χ1v) is 9.85. The van der Waals surface area contributed by atoms with Crippen LogP contribution >= 0.6 is 0 Å². The van der Waals surface area contributed by atoms with Crippen LogP contribution in [-0.2, 0) is 16.0 Å². The van der Waals surface area contributed by atoms with E-state index in [1.54, 1.807) is 12.1 Å². The van der Waals surface area contributed by atoms with Gasteiger partial charge in [0.1, 0.15) is 5.57 Å². The van der Waals surface area contributed by atoms with E-state index >= 15 is 0 Å². The molecule has 0 spiro atoms. The molecule has 0 atom stereocenters. The Kier molecular flexibility index (Phi) is 6.36. The van der Waals surface area contributed by atoms with Gasteiger partial charge in [-0.25, -0.2) is 4.79 Å². The van der Waals surface area contributed by atoms with Gasteiger partial charge in [0.15, 0.2) is 11.5 Å². The topological polar surface area (TPSA) is 84.9 Å². The standard InChI is InChI=1S/C22H26N2O5/c1-4-8-15-11-14(13-18(28-3)19(15)29-5-2)12-17-20(25)23-22(27)24(21(17)26)16-9-6-7-10-16/h4,11-13,16H,1,5-10H2,2-3H3,(H,23,25,27)/b17-12+. The highest BCUT2D eigenvalue weighted by atomic mass is 16.5. The maximum Gasteiger partial charge on any atom is 0.331 e. The van der Waals surface area contributed by atoms with Crippen molar-refractivity contribution in [3.63, 3.8) is 0 Å². The minimum Gasteiger partial charge on any atom is -0.493 e. The lowest BCUT2D eigenvalue weighted by atomic mass is 10.0. The minimum atomic E-state index is -0.688. The van der Waals surface area contributed by atoms with Gasteiger partial charge in [-0.1, -0.05) is 18.9 Å². The fourth-order valence-corrected chi connectivity index (χ4v) is 3.87. The molecule has 1 aromatic rings. The summed E-state index contributed by atoms with van der Waals surface area (Å²) in [6.07, 6.45) is 7.24. The quantitative estimate of drug-likeness (QED) is 0.433. The Balaban J connectivity index is 2.01. The molecule has 0 bridgehead atoms. The second-order valence-corrected chi connectivity index (χ2v) is 7.07. The molecule has 7 nitrogen and oxygen atoms in total. The van der Waals surface area contributed by atoms with Crippen molar-refractivity contribution in [2.45, 2.75) is 45.1 Å². The largest absolute Gasteiger partial charge is 0.493 e. The van der Waals surface area contributed by atoms with Crippen molar-refractivity contribution in [2.24, 2.45) is 0 Å². The van der Waals surface area contributed by atoms with E-state index in [0.29, 0.717) is 30.1 Å². The Bertz CT molecular complexity index is 868. The number of carbonyl (C=O) groups excluding carboxylic acids is 3. The number of benzene rings is 1. The number of carbonyl (C=O) groups is 3. The van der Waals surface area contributed by atoms with Crippen LogP contribution in [0.25, 0.3) is 6.08 Å². The maximum atomic E-state index is 13.0. The van der Waals surface area contributed by atoms with Crippen molar-refractivity contribution >= 4 is 23.9 Å². The molecule has 1 N–H and O–H groups in total. The van der Waals surface area contributed by atoms with Gasteiger partial charge in [-0.2, -0.15) is 0 Å². The molecule has 0 radical (unpaired) electrons. The molecule has 0 aromatic heterocycles. The number of methoxy groups -OCH3 is 1. The fourth-order valence-electron chi connectivity index (χ4n) is 3.87. The van der Waals surface area contributed by atoms with E-state index in [1.165, 1.54) is 18.1 Å². The molecule has 0 unspecified atom stereocenters. The van der Waals surface area contributed by atoms with E-state index in [1.807, 2.05) is 13.0 Å². The summed E-state index contributed by atoms with van der Waals surface area (Å²) in [5.74, 6) is -0.124. The summed E-state index contributed by atoms with van der Waals surface area (Å²) >= 11 is 0. The molecule has 1 saturated heterocycles. The number of ether oxygens (including phenoxy) is 2. The molecule has 154 valence electrons. The zero-order chi connectivity index (χ0) is 21.0. The van der Waals surface area contributed by atoms with Crippen LogP contribution in [0.5, 0.6) is 11.5 Å². The van der Waals surface area contributed by atoms with Crippen molar-refractivity contribution in [2.75, 3.05) is 13.7 Å². The summed E-state index contributed by atoms with van der Waals surface area (Å²) in [5.41, 5.74) is 1.38. The predicted octanol–water partition coefficient (Wildman–Crippen LogP) is 3.23. The summed E-state index contributed by atoms with van der Waals surface area (Å²) in [6, 6.07) is 2.74. The van der Waals surface area contributed by atoms with E-state index in [-0.39, 0.29) is 11.6 Å². The second kappa shape index (κ2) is 8.94. The van der Waals surface area contributed by atoms with Crippen LogP contribution < -0.4 is 14.8 Å². The van der Waals surface area contributed by atoms with Crippen molar-refractivity contribution in [1.29, 1.82) is 0 Å². The lowest BCUT2D eigenvalue weighted by molar-refractivity contribution is -0.131. The Morgan fingerprint density at radius 1 is 1.24 bits per heavy atom. The first kappa shape index (κ1) is 20.6. The molecular formula is C22H26N2O5. The molecule has 2 fully saturated rings. The van der Waals surface area contributed by atoms with Crippen LogP contribution in [0.15, 0.2) is 30.4 Å². The van der Waals surface area contributed by atoms with Crippen LogP contribution in [0, 0.1) is 0 Å². The van der Waals surface area contributed by atoms with Crippen LogP contribution in [0.3, 0.4) is 0 Å². The van der Waals surface area contributed by atoms with Gasteiger partial charge in [-0.05, 0) is 50.0 Å². The van der Waals surface area contributed by atoms with Gasteiger partial charge in [0, 0.05) is 11.6 Å². The highest BCUT2D eigenvalue weighted by Gasteiger charge is 2.40. The van der Waals surface area contributed by atoms with Gasteiger partial charge < -0.3 is 9.47 Å². The summed E-state index contributed by atoms with van der Waals surface area (Å²) in [5, 5.41) is 2.29. The Morgan fingerprint density at radius 3 is 2.59 bits per heavy atom. The zero-order valence-corrected chi connectivity index (χ0v) is 16.8. The Hall–Kier alpha value is -3.09. The second-order valence-electron chi connectivity index (χ2n) is 7.07.